The second-order valence-corrected chi connectivity index (χ2v) is 40.6. The van der Waals surface area contributed by atoms with Gasteiger partial charge in [-0.3, -0.25) is 56.5 Å². The Bertz CT molecular complexity index is 2940. The quantitative estimate of drug-likeness (QED) is 0.00626. The van der Waals surface area contributed by atoms with Crippen LogP contribution in [0, 0.1) is 0 Å². The SMILES string of the molecule is CCCCCC/C=C\CCCC(=O)O[C@H](CCCCCCC)CCOCC(COP(=O)(O)OCCNC(=O)CC(=O)NCCOP(=O)(O)OCC(COCC[C@@H](CCCCCCC)OC(=O)CCC/C=C\CCCCCC)NC(=O)C[C@@H](CCCCCCCCCCC)OC(=O)CCC/C=C/CCCCCC)NC(=O)C[C@@H](CCCCCCCCCCC)OC(=O)CCC/C=C/CCCCCC.[H-].[H-].[Na+].[Na+]. The number of nitrogens with one attached hydrogen (secondary N) is 4. The molecule has 0 fully saturated rings. The number of hydrogen-bond donors (Lipinski definition) is 6. The zero-order valence-electron chi connectivity index (χ0n) is 91.9. The predicted molar refractivity (Wildman–Crippen MR) is 557 cm³/mol. The molecule has 26 nitrogen and oxygen atoms in total. The van der Waals surface area contributed by atoms with Gasteiger partial charge in [0.15, 0.2) is 0 Å². The molecule has 0 aromatic rings. The molecule has 0 aliphatic carbocycles. The summed E-state index contributed by atoms with van der Waals surface area (Å²) in [4.78, 5) is 130. The zero-order valence-corrected chi connectivity index (χ0v) is 95.7. The Labute approximate surface area is 893 Å². The van der Waals surface area contributed by atoms with Gasteiger partial charge in [-0.1, -0.05) is 335 Å². The first kappa shape index (κ1) is 140. The molecule has 0 radical (unpaired) electrons. The molecule has 8 atom stereocenters. The van der Waals surface area contributed by atoms with E-state index in [1.165, 1.54) is 128 Å². The molecule has 30 heteroatoms. The molecule has 0 rings (SSSR count). The predicted octanol–water partition coefficient (Wildman–Crippen LogP) is 21.7. The molecule has 0 bridgehead atoms. The van der Waals surface area contributed by atoms with E-state index >= 15 is 0 Å². The Hall–Kier alpha value is -3.14. The minimum absolute atomic E-state index is 0. The maximum Gasteiger partial charge on any atom is 1.00 e. The number of amides is 4. The Morgan fingerprint density at radius 3 is 0.748 bits per heavy atom. The van der Waals surface area contributed by atoms with Crippen molar-refractivity contribution in [2.24, 2.45) is 0 Å². The summed E-state index contributed by atoms with van der Waals surface area (Å²) in [7, 11) is -9.79. The molecule has 139 heavy (non-hydrogen) atoms. The van der Waals surface area contributed by atoms with Crippen molar-refractivity contribution < 1.29 is 166 Å². The maximum atomic E-state index is 14.2. The summed E-state index contributed by atoms with van der Waals surface area (Å²) in [5.74, 6) is -3.90. The average molecular weight is 2030 g/mol. The Balaban J connectivity index is -0.0000154. The van der Waals surface area contributed by atoms with E-state index in [0.29, 0.717) is 64.2 Å². The van der Waals surface area contributed by atoms with Crippen molar-refractivity contribution in [3.63, 3.8) is 0 Å². The first-order valence-electron chi connectivity index (χ1n) is 55.5. The Kier molecular flexibility index (Phi) is 106. The second kappa shape index (κ2) is 105. The summed E-state index contributed by atoms with van der Waals surface area (Å²) in [6.07, 6.45) is 76.2. The van der Waals surface area contributed by atoms with E-state index in [0.717, 1.165) is 205 Å². The van der Waals surface area contributed by atoms with E-state index in [4.69, 9.17) is 46.5 Å². The van der Waals surface area contributed by atoms with Gasteiger partial charge in [-0.05, 0) is 154 Å². The fourth-order valence-corrected chi connectivity index (χ4v) is 17.5. The van der Waals surface area contributed by atoms with Gasteiger partial charge in [-0.15, -0.1) is 0 Å². The van der Waals surface area contributed by atoms with Gasteiger partial charge >= 0.3 is 98.6 Å². The van der Waals surface area contributed by atoms with Crippen molar-refractivity contribution in [2.45, 2.75) is 535 Å². The number of ether oxygens (including phenoxy) is 6. The summed E-state index contributed by atoms with van der Waals surface area (Å²) < 4.78 is 85.1. The van der Waals surface area contributed by atoms with Crippen LogP contribution in [0.1, 0.15) is 501 Å². The molecule has 0 aromatic carbocycles. The standard InChI is InChI=1S/C109H202N4O22P2.2Na.2H/c1-9-17-25-33-39-45-51-59-67-75-100(134-108(120)79-71-63-55-49-43-37-29-21-13-5)89-104(116)112-96(92-126-85-81-98(73-65-57-31-23-15-7)132-106(118)77-69-61-53-47-41-35-27-19-11-3)94-130-136(122,123)128-87-83-110-102(114)91-103(115)111-84-88-129-137(124,125)131-95-97(93-127-86-82-99(74-66-58-32-24-16-8)133-107(119)78-70-62-54-48-42-36-28-20-12-4)113-105(117)90-101(76-68-60-52-46-40-34-26-18-10-2)135-109(121)80-72-64-56-50-44-38-30-22-14-6;;;;/h47-50,53-56,96-101H,9-46,51-52,57-95H2,1-8H3,(H,110,114)(H,111,115)(H,112,116)(H,113,117)(H,122,123)(H,124,125);;;;/q;2*+1;2*-1/b53-47-,54-48-,55-49+,56-50+;;;;/t96?,97?,98-,99-,100-,101-;;;;/m1..../s1. The van der Waals surface area contributed by atoms with Crippen LogP contribution in [-0.4, -0.2) is 160 Å². The van der Waals surface area contributed by atoms with E-state index in [1.807, 2.05) is 0 Å². The number of phosphoric acid groups is 2. The van der Waals surface area contributed by atoms with Crippen LogP contribution in [0.4, 0.5) is 0 Å². The minimum Gasteiger partial charge on any atom is -1.00 e. The number of rotatable bonds is 104. The zero-order chi connectivity index (χ0) is 101. The molecule has 6 N–H and O–H groups in total. The number of unbranched alkanes of at least 4 members (excludes halogenated alkanes) is 44. The fraction of sp³-hybridized carbons (Fsp3) is 0.853. The molecule has 0 aromatic heterocycles. The number of allylic oxidation sites excluding steroid dienone is 8. The average Bonchev–Trinajstić information content (AvgIpc) is 0.901. The van der Waals surface area contributed by atoms with E-state index in [2.05, 4.69) is 125 Å². The van der Waals surface area contributed by atoms with Crippen molar-refractivity contribution >= 4 is 63.2 Å². The molecule has 0 saturated heterocycles. The van der Waals surface area contributed by atoms with E-state index < -0.39 is 109 Å². The molecular formula is C109H204N4Na2O22P2. The molecule has 0 aliphatic rings. The van der Waals surface area contributed by atoms with Crippen LogP contribution in [0.3, 0.4) is 0 Å². The summed E-state index contributed by atoms with van der Waals surface area (Å²) in [5.41, 5.74) is 0. The summed E-state index contributed by atoms with van der Waals surface area (Å²) in [6.45, 7) is 14.5. The number of esters is 4. The van der Waals surface area contributed by atoms with Crippen molar-refractivity contribution in [3.8, 4) is 0 Å². The molecule has 4 unspecified atom stereocenters. The molecule has 0 heterocycles. The number of carbonyl (C=O) groups excluding carboxylic acids is 8. The first-order chi connectivity index (χ1) is 66.6. The third-order valence-corrected chi connectivity index (χ3v) is 26.2. The molecule has 804 valence electrons. The van der Waals surface area contributed by atoms with Crippen LogP contribution in [0.15, 0.2) is 48.6 Å². The van der Waals surface area contributed by atoms with Gasteiger partial charge in [0, 0.05) is 51.6 Å². The molecule has 0 aliphatic heterocycles. The van der Waals surface area contributed by atoms with Crippen LogP contribution in [-0.2, 0) is 94.0 Å². The van der Waals surface area contributed by atoms with Gasteiger partial charge in [-0.25, -0.2) is 9.13 Å². The third-order valence-electron chi connectivity index (χ3n) is 24.2. The second-order valence-electron chi connectivity index (χ2n) is 37.7. The Morgan fingerprint density at radius 1 is 0.266 bits per heavy atom. The molecule has 0 saturated carbocycles. The number of carbonyl (C=O) groups is 8. The van der Waals surface area contributed by atoms with Gasteiger partial charge in [0.25, 0.3) is 0 Å². The van der Waals surface area contributed by atoms with Gasteiger partial charge in [0.1, 0.15) is 30.8 Å². The van der Waals surface area contributed by atoms with E-state index in [9.17, 15) is 57.3 Å². The van der Waals surface area contributed by atoms with E-state index in [1.54, 1.807) is 0 Å². The van der Waals surface area contributed by atoms with Crippen molar-refractivity contribution in [2.75, 3.05) is 65.9 Å². The number of phosphoric ester groups is 2. The monoisotopic (exact) mass is 2030 g/mol. The normalized spacial score (nSPS) is 13.8. The van der Waals surface area contributed by atoms with Crippen LogP contribution in [0.2, 0.25) is 0 Å². The van der Waals surface area contributed by atoms with Crippen LogP contribution >= 0.6 is 15.6 Å². The molecule has 4 amide bonds. The van der Waals surface area contributed by atoms with Gasteiger partial charge in [0.05, 0.1) is 77.8 Å². The fourth-order valence-electron chi connectivity index (χ4n) is 15.9. The van der Waals surface area contributed by atoms with Crippen LogP contribution < -0.4 is 80.4 Å². The smallest absolute Gasteiger partial charge is 1.00 e. The molecule has 0 spiro atoms. The first-order valence-corrected chi connectivity index (χ1v) is 58.5. The van der Waals surface area contributed by atoms with Crippen molar-refractivity contribution in [3.05, 3.63) is 48.6 Å². The van der Waals surface area contributed by atoms with Crippen molar-refractivity contribution in [1.29, 1.82) is 0 Å². The van der Waals surface area contributed by atoms with Crippen molar-refractivity contribution in [1.82, 2.24) is 21.3 Å². The van der Waals surface area contributed by atoms with Crippen LogP contribution in [0.5, 0.6) is 0 Å². The van der Waals surface area contributed by atoms with E-state index in [-0.39, 0.29) is 164 Å². The Morgan fingerprint density at radius 2 is 0.489 bits per heavy atom. The number of hydrogen-bond acceptors (Lipinski definition) is 20. The third kappa shape index (κ3) is 99.3. The largest absolute Gasteiger partial charge is 1.00 e. The summed E-state index contributed by atoms with van der Waals surface area (Å²) in [6, 6.07) is -2.03. The van der Waals surface area contributed by atoms with Gasteiger partial charge in [-0.2, -0.15) is 0 Å². The minimum atomic E-state index is -4.90. The van der Waals surface area contributed by atoms with Gasteiger partial charge < -0.3 is 62.3 Å². The summed E-state index contributed by atoms with van der Waals surface area (Å²) >= 11 is 0. The van der Waals surface area contributed by atoms with Crippen LogP contribution in [0.25, 0.3) is 0 Å². The maximum absolute atomic E-state index is 14.2. The topological polar surface area (TPSA) is 352 Å². The summed E-state index contributed by atoms with van der Waals surface area (Å²) in [5, 5.41) is 10.7. The van der Waals surface area contributed by atoms with Gasteiger partial charge in [0.2, 0.25) is 23.6 Å². The molecular weight excluding hydrogens is 1830 g/mol.